The number of likely N-dealkylation sites (tertiary alicyclic amines) is 2. The molecule has 2 aromatic rings. The van der Waals surface area contributed by atoms with Gasteiger partial charge in [0.1, 0.15) is 5.82 Å². The van der Waals surface area contributed by atoms with Crippen molar-refractivity contribution in [2.24, 2.45) is 5.92 Å². The Labute approximate surface area is 210 Å². The fourth-order valence-corrected chi connectivity index (χ4v) is 6.17. The average Bonchev–Trinajstić information content (AvgIpc) is 3.50. The normalized spacial score (nSPS) is 25.0. The first-order valence-electron chi connectivity index (χ1n) is 12.9. The summed E-state index contributed by atoms with van der Waals surface area (Å²) < 4.78 is 14.3. The van der Waals surface area contributed by atoms with Crippen molar-refractivity contribution < 1.29 is 23.6 Å². The maximum absolute atomic E-state index is 14.3. The Balaban J connectivity index is 1.40. The second-order valence-corrected chi connectivity index (χ2v) is 10.4. The summed E-state index contributed by atoms with van der Waals surface area (Å²) in [6.07, 6.45) is 4.47. The molecule has 2 aromatic carbocycles. The van der Waals surface area contributed by atoms with Gasteiger partial charge in [-0.05, 0) is 43.4 Å². The number of ketones is 1. The van der Waals surface area contributed by atoms with E-state index in [0.717, 1.165) is 25.7 Å². The fraction of sp³-hybridized carbons (Fsp3) is 0.448. The summed E-state index contributed by atoms with van der Waals surface area (Å²) in [6.45, 7) is 0.769. The molecule has 6 nitrogen and oxygen atoms in total. The molecule has 2 heterocycles. The molecule has 1 saturated carbocycles. The van der Waals surface area contributed by atoms with Crippen LogP contribution in [0.1, 0.15) is 67.3 Å². The SMILES string of the molecule is O=C(c1ccccc1)C1CCCN(C(=O)CC2(c3cccc(F)c3)CC(=O)N(C3CCCC3)C2=O)C1. The van der Waals surface area contributed by atoms with Crippen LogP contribution in [0.3, 0.4) is 0 Å². The van der Waals surface area contributed by atoms with Gasteiger partial charge in [0, 0.05) is 43.5 Å². The molecule has 0 bridgehead atoms. The van der Waals surface area contributed by atoms with Crippen LogP contribution in [0.25, 0.3) is 0 Å². The van der Waals surface area contributed by atoms with Crippen molar-refractivity contribution >= 4 is 23.5 Å². The van der Waals surface area contributed by atoms with Gasteiger partial charge in [-0.15, -0.1) is 0 Å². The number of carbonyl (C=O) groups excluding carboxylic acids is 4. The van der Waals surface area contributed by atoms with E-state index in [1.54, 1.807) is 23.1 Å². The van der Waals surface area contributed by atoms with Crippen molar-refractivity contribution in [3.63, 3.8) is 0 Å². The first-order chi connectivity index (χ1) is 17.4. The summed E-state index contributed by atoms with van der Waals surface area (Å²) in [6, 6.07) is 14.6. The minimum atomic E-state index is -1.42. The quantitative estimate of drug-likeness (QED) is 0.448. The Bertz CT molecular complexity index is 1180. The molecule has 2 aliphatic heterocycles. The van der Waals surface area contributed by atoms with Crippen LogP contribution in [0.2, 0.25) is 0 Å². The molecule has 0 N–H and O–H groups in total. The molecule has 188 valence electrons. The van der Waals surface area contributed by atoms with Gasteiger partial charge in [0.05, 0.1) is 5.41 Å². The van der Waals surface area contributed by atoms with E-state index in [0.29, 0.717) is 30.5 Å². The lowest BCUT2D eigenvalue weighted by molar-refractivity contribution is -0.145. The maximum Gasteiger partial charge on any atom is 0.241 e. The van der Waals surface area contributed by atoms with Gasteiger partial charge in [0.15, 0.2) is 5.78 Å². The molecule has 2 atom stereocenters. The van der Waals surface area contributed by atoms with Crippen molar-refractivity contribution in [3.8, 4) is 0 Å². The average molecular weight is 491 g/mol. The summed E-state index contributed by atoms with van der Waals surface area (Å²) in [5, 5.41) is 0. The summed E-state index contributed by atoms with van der Waals surface area (Å²) in [4.78, 5) is 56.7. The Morgan fingerprint density at radius 1 is 0.944 bits per heavy atom. The highest BCUT2D eigenvalue weighted by Gasteiger charge is 2.56. The van der Waals surface area contributed by atoms with E-state index in [1.807, 2.05) is 18.2 Å². The number of rotatable bonds is 6. The number of piperidine rings is 1. The van der Waals surface area contributed by atoms with Gasteiger partial charge in [-0.2, -0.15) is 0 Å². The lowest BCUT2D eigenvalue weighted by atomic mass is 9.75. The third kappa shape index (κ3) is 4.47. The minimum Gasteiger partial charge on any atom is -0.342 e. The Morgan fingerprint density at radius 3 is 2.42 bits per heavy atom. The summed E-state index contributed by atoms with van der Waals surface area (Å²) in [5.74, 6) is -1.78. The Morgan fingerprint density at radius 2 is 1.69 bits per heavy atom. The van der Waals surface area contributed by atoms with E-state index >= 15 is 0 Å². The first-order valence-corrected chi connectivity index (χ1v) is 12.9. The third-order valence-electron chi connectivity index (χ3n) is 8.07. The van der Waals surface area contributed by atoms with Gasteiger partial charge in [0.2, 0.25) is 17.7 Å². The standard InChI is InChI=1S/C29H31FN2O4/c30-23-12-6-11-22(16-23)29(18-26(34)32(28(29)36)24-13-4-5-14-24)17-25(33)31-15-7-10-21(19-31)27(35)20-8-2-1-3-9-20/h1-3,6,8-9,11-12,16,21,24H,4-5,7,10,13-15,17-19H2. The maximum atomic E-state index is 14.3. The molecule has 7 heteroatoms. The Kier molecular flexibility index (Phi) is 6.73. The van der Waals surface area contributed by atoms with E-state index in [1.165, 1.54) is 23.1 Å². The van der Waals surface area contributed by atoms with Crippen molar-refractivity contribution in [2.45, 2.75) is 62.8 Å². The fourth-order valence-electron chi connectivity index (χ4n) is 6.17. The third-order valence-corrected chi connectivity index (χ3v) is 8.07. The second-order valence-electron chi connectivity index (χ2n) is 10.4. The predicted molar refractivity (Wildman–Crippen MR) is 131 cm³/mol. The molecule has 0 spiro atoms. The van der Waals surface area contributed by atoms with Crippen LogP contribution < -0.4 is 0 Å². The van der Waals surface area contributed by atoms with E-state index in [9.17, 15) is 23.6 Å². The van der Waals surface area contributed by atoms with E-state index in [4.69, 9.17) is 0 Å². The van der Waals surface area contributed by atoms with Crippen LogP contribution in [0.15, 0.2) is 54.6 Å². The molecule has 3 amide bonds. The molecule has 2 saturated heterocycles. The highest BCUT2D eigenvalue weighted by molar-refractivity contribution is 6.11. The molecule has 36 heavy (non-hydrogen) atoms. The van der Waals surface area contributed by atoms with Crippen molar-refractivity contribution in [2.75, 3.05) is 13.1 Å². The molecule has 3 aliphatic rings. The van der Waals surface area contributed by atoms with Gasteiger partial charge in [-0.1, -0.05) is 55.3 Å². The number of Topliss-reactive ketones (excluding diaryl/α,β-unsaturated/α-hetero) is 1. The Hall–Kier alpha value is -3.35. The molecule has 0 aromatic heterocycles. The number of benzene rings is 2. The second kappa shape index (κ2) is 9.96. The highest BCUT2D eigenvalue weighted by atomic mass is 19.1. The van der Waals surface area contributed by atoms with Gasteiger partial charge in [-0.3, -0.25) is 24.1 Å². The number of carbonyl (C=O) groups is 4. The zero-order valence-electron chi connectivity index (χ0n) is 20.3. The molecule has 5 rings (SSSR count). The topological polar surface area (TPSA) is 74.8 Å². The lowest BCUT2D eigenvalue weighted by Crippen LogP contribution is -2.48. The molecule has 0 radical (unpaired) electrons. The van der Waals surface area contributed by atoms with E-state index in [-0.39, 0.29) is 48.9 Å². The van der Waals surface area contributed by atoms with Crippen LogP contribution in [-0.2, 0) is 19.8 Å². The number of amides is 3. The number of halogens is 1. The zero-order valence-corrected chi connectivity index (χ0v) is 20.3. The van der Waals surface area contributed by atoms with Crippen molar-refractivity contribution in [1.82, 2.24) is 9.80 Å². The van der Waals surface area contributed by atoms with Crippen LogP contribution in [-0.4, -0.2) is 52.4 Å². The van der Waals surface area contributed by atoms with Crippen LogP contribution in [0.5, 0.6) is 0 Å². The lowest BCUT2D eigenvalue weighted by Gasteiger charge is -2.35. The van der Waals surface area contributed by atoms with Crippen molar-refractivity contribution in [3.05, 3.63) is 71.5 Å². The van der Waals surface area contributed by atoms with Crippen LogP contribution in [0.4, 0.5) is 4.39 Å². The number of imide groups is 1. The molecule has 3 fully saturated rings. The molecule has 1 aliphatic carbocycles. The predicted octanol–water partition coefficient (Wildman–Crippen LogP) is 4.28. The smallest absolute Gasteiger partial charge is 0.241 e. The molecular formula is C29H31FN2O4. The van der Waals surface area contributed by atoms with Crippen molar-refractivity contribution in [1.29, 1.82) is 0 Å². The highest BCUT2D eigenvalue weighted by Crippen LogP contribution is 2.43. The van der Waals surface area contributed by atoms with Crippen LogP contribution >= 0.6 is 0 Å². The van der Waals surface area contributed by atoms with Gasteiger partial charge in [0.25, 0.3) is 0 Å². The van der Waals surface area contributed by atoms with E-state index in [2.05, 4.69) is 0 Å². The van der Waals surface area contributed by atoms with Crippen LogP contribution in [0, 0.1) is 11.7 Å². The molecule has 2 unspecified atom stereocenters. The summed E-state index contributed by atoms with van der Waals surface area (Å²) >= 11 is 0. The van der Waals surface area contributed by atoms with Gasteiger partial charge < -0.3 is 4.90 Å². The molecular weight excluding hydrogens is 459 g/mol. The summed E-state index contributed by atoms with van der Waals surface area (Å²) in [7, 11) is 0. The summed E-state index contributed by atoms with van der Waals surface area (Å²) in [5.41, 5.74) is -0.435. The number of hydrogen-bond acceptors (Lipinski definition) is 4. The first kappa shape index (κ1) is 24.3. The minimum absolute atomic E-state index is 0.00692. The number of hydrogen-bond donors (Lipinski definition) is 0. The van der Waals surface area contributed by atoms with E-state index < -0.39 is 17.1 Å². The van der Waals surface area contributed by atoms with Gasteiger partial charge in [-0.25, -0.2) is 4.39 Å². The monoisotopic (exact) mass is 490 g/mol. The largest absolute Gasteiger partial charge is 0.342 e. The zero-order chi connectivity index (χ0) is 25.3. The van der Waals surface area contributed by atoms with Gasteiger partial charge >= 0.3 is 0 Å². The number of nitrogens with zero attached hydrogens (tertiary/aromatic N) is 2.